The van der Waals surface area contributed by atoms with Crippen LogP contribution in [0.3, 0.4) is 0 Å². The van der Waals surface area contributed by atoms with Gasteiger partial charge in [-0.1, -0.05) is 11.6 Å². The molecule has 0 aliphatic heterocycles. The van der Waals surface area contributed by atoms with Crippen LogP contribution in [-0.4, -0.2) is 37.5 Å². The molecular formula is C11H11ClF3NO4S. The molecule has 1 rings (SSSR count). The molecule has 0 saturated carbocycles. The van der Waals surface area contributed by atoms with Gasteiger partial charge in [-0.15, -0.1) is 0 Å². The summed E-state index contributed by atoms with van der Waals surface area (Å²) in [6, 6.07) is 3.08. The molecular weight excluding hydrogens is 335 g/mol. The van der Waals surface area contributed by atoms with Gasteiger partial charge in [-0.25, -0.2) is 8.42 Å². The monoisotopic (exact) mass is 345 g/mol. The Balaban J connectivity index is 3.08. The molecule has 1 amide bonds. The van der Waals surface area contributed by atoms with E-state index in [9.17, 15) is 31.5 Å². The molecule has 118 valence electrons. The van der Waals surface area contributed by atoms with E-state index in [1.807, 2.05) is 0 Å². The molecule has 0 aromatic heterocycles. The van der Waals surface area contributed by atoms with Crippen LogP contribution in [-0.2, 0) is 14.6 Å². The van der Waals surface area contributed by atoms with Crippen molar-refractivity contribution in [3.8, 4) is 0 Å². The number of nitrogens with one attached hydrogen (secondary N) is 1. The number of halogens is 4. The first-order valence-corrected chi connectivity index (χ1v) is 7.64. The molecule has 10 heteroatoms. The fourth-order valence-electron chi connectivity index (χ4n) is 1.20. The predicted molar refractivity (Wildman–Crippen MR) is 69.9 cm³/mol. The maximum absolute atomic E-state index is 12.5. The number of hydrogen-bond acceptors (Lipinski definition) is 4. The van der Waals surface area contributed by atoms with E-state index in [0.29, 0.717) is 6.92 Å². The van der Waals surface area contributed by atoms with Gasteiger partial charge in [-0.2, -0.15) is 13.2 Å². The van der Waals surface area contributed by atoms with Gasteiger partial charge >= 0.3 is 6.18 Å². The molecule has 0 fully saturated rings. The summed E-state index contributed by atoms with van der Waals surface area (Å²) in [5.74, 6) is -1.73. The Bertz CT molecular complexity index is 671. The number of sulfone groups is 1. The van der Waals surface area contributed by atoms with Crippen LogP contribution in [0.4, 0.5) is 18.9 Å². The second-order valence-corrected chi connectivity index (χ2v) is 6.86. The number of amides is 1. The molecule has 0 radical (unpaired) electrons. The Morgan fingerprint density at radius 3 is 2.24 bits per heavy atom. The highest BCUT2D eigenvalue weighted by Crippen LogP contribution is 2.32. The zero-order chi connectivity index (χ0) is 16.6. The van der Waals surface area contributed by atoms with E-state index >= 15 is 0 Å². The first kappa shape index (κ1) is 17.7. The van der Waals surface area contributed by atoms with Gasteiger partial charge in [0, 0.05) is 6.26 Å². The van der Waals surface area contributed by atoms with E-state index in [1.54, 1.807) is 5.32 Å². The molecule has 0 bridgehead atoms. The van der Waals surface area contributed by atoms with Crippen LogP contribution >= 0.6 is 11.6 Å². The normalized spacial score (nSPS) is 15.4. The van der Waals surface area contributed by atoms with Crippen LogP contribution in [0.15, 0.2) is 23.1 Å². The van der Waals surface area contributed by atoms with Crippen molar-refractivity contribution in [2.75, 3.05) is 11.6 Å². The Hall–Kier alpha value is -1.32. The SMILES string of the molecule is CC(O)(C(=O)Nc1ccc(S(C)(=O)=O)cc1Cl)C(F)(F)F. The van der Waals surface area contributed by atoms with Crippen LogP contribution in [0.5, 0.6) is 0 Å². The number of carbonyl (C=O) groups excluding carboxylic acids is 1. The van der Waals surface area contributed by atoms with Crippen LogP contribution in [0.1, 0.15) is 6.92 Å². The van der Waals surface area contributed by atoms with Crippen molar-refractivity contribution in [1.29, 1.82) is 0 Å². The van der Waals surface area contributed by atoms with Crippen molar-refractivity contribution in [1.82, 2.24) is 0 Å². The Morgan fingerprint density at radius 2 is 1.86 bits per heavy atom. The summed E-state index contributed by atoms with van der Waals surface area (Å²) in [5.41, 5.74) is -3.86. The lowest BCUT2D eigenvalue weighted by Gasteiger charge is -2.25. The lowest BCUT2D eigenvalue weighted by Crippen LogP contribution is -2.52. The van der Waals surface area contributed by atoms with Crippen LogP contribution < -0.4 is 5.32 Å². The molecule has 21 heavy (non-hydrogen) atoms. The number of anilines is 1. The summed E-state index contributed by atoms with van der Waals surface area (Å²) < 4.78 is 60.0. The highest BCUT2D eigenvalue weighted by molar-refractivity contribution is 7.90. The molecule has 0 heterocycles. The van der Waals surface area contributed by atoms with E-state index in [0.717, 1.165) is 24.5 Å². The maximum Gasteiger partial charge on any atom is 0.426 e. The summed E-state index contributed by atoms with van der Waals surface area (Å²) >= 11 is 5.70. The smallest absolute Gasteiger partial charge is 0.373 e. The van der Waals surface area contributed by atoms with Gasteiger partial charge in [0.05, 0.1) is 15.6 Å². The van der Waals surface area contributed by atoms with E-state index < -0.39 is 27.5 Å². The average Bonchev–Trinajstić information content (AvgIpc) is 2.28. The van der Waals surface area contributed by atoms with E-state index in [-0.39, 0.29) is 15.6 Å². The number of alkyl halides is 3. The summed E-state index contributed by atoms with van der Waals surface area (Å²) in [6.45, 7) is 0.293. The molecule has 1 aromatic carbocycles. The third kappa shape index (κ3) is 3.86. The molecule has 1 unspecified atom stereocenters. The summed E-state index contributed by atoms with van der Waals surface area (Å²) in [4.78, 5) is 11.3. The molecule has 1 atom stereocenters. The molecule has 0 spiro atoms. The molecule has 0 saturated heterocycles. The van der Waals surface area contributed by atoms with E-state index in [4.69, 9.17) is 11.6 Å². The van der Waals surface area contributed by atoms with Crippen LogP contribution in [0, 0.1) is 0 Å². The number of hydrogen-bond donors (Lipinski definition) is 2. The van der Waals surface area contributed by atoms with Crippen molar-refractivity contribution < 1.29 is 31.5 Å². The van der Waals surface area contributed by atoms with Crippen molar-refractivity contribution >= 4 is 33.0 Å². The lowest BCUT2D eigenvalue weighted by molar-refractivity contribution is -0.242. The number of rotatable bonds is 3. The highest BCUT2D eigenvalue weighted by atomic mass is 35.5. The summed E-state index contributed by atoms with van der Waals surface area (Å²) in [6.07, 6.45) is -4.25. The quantitative estimate of drug-likeness (QED) is 0.877. The molecule has 0 aliphatic rings. The second-order valence-electron chi connectivity index (χ2n) is 4.44. The van der Waals surface area contributed by atoms with Gasteiger partial charge in [0.1, 0.15) is 0 Å². The third-order valence-corrected chi connectivity index (χ3v) is 4.03. The number of benzene rings is 1. The van der Waals surface area contributed by atoms with Gasteiger partial charge in [0.2, 0.25) is 5.60 Å². The van der Waals surface area contributed by atoms with Crippen molar-refractivity contribution in [2.45, 2.75) is 23.6 Å². The van der Waals surface area contributed by atoms with Crippen molar-refractivity contribution in [2.24, 2.45) is 0 Å². The maximum atomic E-state index is 12.5. The van der Waals surface area contributed by atoms with Crippen molar-refractivity contribution in [3.63, 3.8) is 0 Å². The summed E-state index contributed by atoms with van der Waals surface area (Å²) in [7, 11) is -3.55. The minimum Gasteiger partial charge on any atom is -0.373 e. The van der Waals surface area contributed by atoms with E-state index in [2.05, 4.69) is 0 Å². The minimum absolute atomic E-state index is 0.159. The molecule has 2 N–H and O–H groups in total. The van der Waals surface area contributed by atoms with Crippen LogP contribution in [0.2, 0.25) is 5.02 Å². The molecule has 1 aromatic rings. The minimum atomic E-state index is -5.17. The van der Waals surface area contributed by atoms with E-state index in [1.165, 1.54) is 0 Å². The van der Waals surface area contributed by atoms with Gasteiger partial charge in [0.25, 0.3) is 5.91 Å². The Morgan fingerprint density at radius 1 is 1.33 bits per heavy atom. The third-order valence-electron chi connectivity index (χ3n) is 2.61. The Kier molecular flexibility index (Phi) is 4.62. The topological polar surface area (TPSA) is 83.5 Å². The van der Waals surface area contributed by atoms with Gasteiger partial charge < -0.3 is 10.4 Å². The van der Waals surface area contributed by atoms with Gasteiger partial charge in [-0.3, -0.25) is 4.79 Å². The Labute approximate surface area is 123 Å². The standard InChI is InChI=1S/C11H11ClF3NO4S/c1-10(18,11(13,14)15)9(17)16-8-4-3-6(5-7(8)12)21(2,19)20/h3-5,18H,1-2H3,(H,16,17). The molecule has 5 nitrogen and oxygen atoms in total. The lowest BCUT2D eigenvalue weighted by atomic mass is 10.1. The largest absolute Gasteiger partial charge is 0.426 e. The van der Waals surface area contributed by atoms with Crippen molar-refractivity contribution in [3.05, 3.63) is 23.2 Å². The number of aliphatic hydroxyl groups is 1. The van der Waals surface area contributed by atoms with Crippen LogP contribution in [0.25, 0.3) is 0 Å². The van der Waals surface area contributed by atoms with Gasteiger partial charge in [0.15, 0.2) is 9.84 Å². The fourth-order valence-corrected chi connectivity index (χ4v) is 2.14. The first-order valence-electron chi connectivity index (χ1n) is 5.37. The zero-order valence-electron chi connectivity index (χ0n) is 10.8. The predicted octanol–water partition coefficient (Wildman–Crippen LogP) is 2.00. The molecule has 0 aliphatic carbocycles. The second kappa shape index (κ2) is 5.47. The number of carbonyl (C=O) groups is 1. The van der Waals surface area contributed by atoms with Gasteiger partial charge in [-0.05, 0) is 25.1 Å². The average molecular weight is 346 g/mol. The fraction of sp³-hybridized carbons (Fsp3) is 0.364. The first-order chi connectivity index (χ1) is 9.26. The zero-order valence-corrected chi connectivity index (χ0v) is 12.4. The highest BCUT2D eigenvalue weighted by Gasteiger charge is 2.55. The summed E-state index contributed by atoms with van der Waals surface area (Å²) in [5, 5.41) is 10.7.